The minimum absolute atomic E-state index is 0.00400. The predicted molar refractivity (Wildman–Crippen MR) is 83.9 cm³/mol. The largest absolute Gasteiger partial charge is 0.490 e. The van der Waals surface area contributed by atoms with Crippen molar-refractivity contribution in [2.75, 3.05) is 19.0 Å². The first-order valence-corrected chi connectivity index (χ1v) is 7.66. The molecular formula is C16H24N2O3. The van der Waals surface area contributed by atoms with Crippen LogP contribution in [0.3, 0.4) is 0 Å². The molecule has 0 aliphatic heterocycles. The number of nitrogens with one attached hydrogen (secondary N) is 1. The summed E-state index contributed by atoms with van der Waals surface area (Å²) in [5.41, 5.74) is 0.881. The maximum absolute atomic E-state index is 10.8. The van der Waals surface area contributed by atoms with Gasteiger partial charge in [0.2, 0.25) is 0 Å². The lowest BCUT2D eigenvalue weighted by molar-refractivity contribution is -0.385. The SMILES string of the molecule is COc1cc(NCCC2CCC(C)CC2)ccc1[N+](=O)[O-]. The van der Waals surface area contributed by atoms with E-state index in [0.717, 1.165) is 30.5 Å². The number of nitro groups is 1. The summed E-state index contributed by atoms with van der Waals surface area (Å²) in [5.74, 6) is 2.00. The first-order valence-electron chi connectivity index (χ1n) is 7.66. The van der Waals surface area contributed by atoms with E-state index in [1.165, 1.54) is 38.9 Å². The van der Waals surface area contributed by atoms with Crippen LogP contribution < -0.4 is 10.1 Å². The maximum Gasteiger partial charge on any atom is 0.311 e. The van der Waals surface area contributed by atoms with E-state index in [2.05, 4.69) is 12.2 Å². The fourth-order valence-corrected chi connectivity index (χ4v) is 2.98. The average molecular weight is 292 g/mol. The van der Waals surface area contributed by atoms with Crippen LogP contribution in [0.5, 0.6) is 5.75 Å². The molecule has 1 saturated carbocycles. The summed E-state index contributed by atoms with van der Waals surface area (Å²) in [6, 6.07) is 4.92. The molecule has 1 aromatic carbocycles. The van der Waals surface area contributed by atoms with Gasteiger partial charge < -0.3 is 10.1 Å². The Hall–Kier alpha value is -1.78. The van der Waals surface area contributed by atoms with Crippen LogP contribution in [0, 0.1) is 22.0 Å². The van der Waals surface area contributed by atoms with Crippen LogP contribution in [0.25, 0.3) is 0 Å². The summed E-state index contributed by atoms with van der Waals surface area (Å²) < 4.78 is 5.07. The number of nitro benzene ring substituents is 1. The van der Waals surface area contributed by atoms with Crippen molar-refractivity contribution in [2.45, 2.75) is 39.0 Å². The van der Waals surface area contributed by atoms with Gasteiger partial charge in [-0.05, 0) is 24.3 Å². The Morgan fingerprint density at radius 3 is 2.67 bits per heavy atom. The minimum atomic E-state index is -0.425. The average Bonchev–Trinajstić information content (AvgIpc) is 2.49. The molecular weight excluding hydrogens is 268 g/mol. The number of benzene rings is 1. The number of methoxy groups -OCH3 is 1. The molecule has 0 unspecified atom stereocenters. The van der Waals surface area contributed by atoms with Gasteiger partial charge in [0.15, 0.2) is 5.75 Å². The van der Waals surface area contributed by atoms with E-state index in [1.807, 2.05) is 0 Å². The van der Waals surface area contributed by atoms with Gasteiger partial charge in [-0.2, -0.15) is 0 Å². The molecule has 116 valence electrons. The van der Waals surface area contributed by atoms with Gasteiger partial charge in [-0.15, -0.1) is 0 Å². The summed E-state index contributed by atoms with van der Waals surface area (Å²) in [6.45, 7) is 3.23. The minimum Gasteiger partial charge on any atom is -0.490 e. The molecule has 21 heavy (non-hydrogen) atoms. The Bertz CT molecular complexity index is 482. The third-order valence-electron chi connectivity index (χ3n) is 4.39. The molecule has 0 heterocycles. The molecule has 5 heteroatoms. The molecule has 0 amide bonds. The number of anilines is 1. The Morgan fingerprint density at radius 1 is 1.33 bits per heavy atom. The van der Waals surface area contributed by atoms with E-state index in [4.69, 9.17) is 4.74 Å². The zero-order chi connectivity index (χ0) is 15.2. The normalized spacial score (nSPS) is 21.8. The van der Waals surface area contributed by atoms with Gasteiger partial charge in [-0.1, -0.05) is 32.6 Å². The van der Waals surface area contributed by atoms with Crippen molar-refractivity contribution < 1.29 is 9.66 Å². The molecule has 0 aromatic heterocycles. The highest BCUT2D eigenvalue weighted by molar-refractivity contribution is 5.57. The second-order valence-corrected chi connectivity index (χ2v) is 5.99. The lowest BCUT2D eigenvalue weighted by atomic mass is 9.81. The standard InChI is InChI=1S/C16H24N2O3/c1-12-3-5-13(6-4-12)9-10-17-14-7-8-15(18(19)20)16(11-14)21-2/h7-8,11-13,17H,3-6,9-10H2,1-2H3. The van der Waals surface area contributed by atoms with Gasteiger partial charge in [0.25, 0.3) is 0 Å². The predicted octanol–water partition coefficient (Wildman–Crippen LogP) is 4.23. The van der Waals surface area contributed by atoms with E-state index >= 15 is 0 Å². The summed E-state index contributed by atoms with van der Waals surface area (Å²) in [7, 11) is 1.45. The molecule has 0 radical (unpaired) electrons. The summed E-state index contributed by atoms with van der Waals surface area (Å²) in [5, 5.41) is 14.2. The van der Waals surface area contributed by atoms with Crippen LogP contribution in [-0.2, 0) is 0 Å². The Balaban J connectivity index is 1.84. The Labute approximate surface area is 125 Å². The zero-order valence-corrected chi connectivity index (χ0v) is 12.8. The summed E-state index contributed by atoms with van der Waals surface area (Å²) in [6.07, 6.45) is 6.50. The highest BCUT2D eigenvalue weighted by atomic mass is 16.6. The zero-order valence-electron chi connectivity index (χ0n) is 12.8. The molecule has 1 aromatic rings. The Kier molecular flexibility index (Phi) is 5.42. The molecule has 1 aliphatic rings. The van der Waals surface area contributed by atoms with Crippen LogP contribution in [0.4, 0.5) is 11.4 Å². The van der Waals surface area contributed by atoms with E-state index in [1.54, 1.807) is 12.1 Å². The highest BCUT2D eigenvalue weighted by Gasteiger charge is 2.18. The lowest BCUT2D eigenvalue weighted by Crippen LogP contribution is -2.15. The van der Waals surface area contributed by atoms with Gasteiger partial charge in [-0.3, -0.25) is 10.1 Å². The fourth-order valence-electron chi connectivity index (χ4n) is 2.98. The molecule has 0 spiro atoms. The highest BCUT2D eigenvalue weighted by Crippen LogP contribution is 2.31. The van der Waals surface area contributed by atoms with E-state index in [0.29, 0.717) is 5.75 Å². The number of hydrogen-bond acceptors (Lipinski definition) is 4. The van der Waals surface area contributed by atoms with Crippen molar-refractivity contribution >= 4 is 11.4 Å². The monoisotopic (exact) mass is 292 g/mol. The van der Waals surface area contributed by atoms with Gasteiger partial charge >= 0.3 is 5.69 Å². The molecule has 1 N–H and O–H groups in total. The van der Waals surface area contributed by atoms with Gasteiger partial charge in [0, 0.05) is 24.4 Å². The van der Waals surface area contributed by atoms with Crippen molar-refractivity contribution in [2.24, 2.45) is 11.8 Å². The van der Waals surface area contributed by atoms with Gasteiger partial charge in [-0.25, -0.2) is 0 Å². The first kappa shape index (κ1) is 15.6. The number of nitrogens with zero attached hydrogens (tertiary/aromatic N) is 1. The second kappa shape index (κ2) is 7.29. The van der Waals surface area contributed by atoms with Crippen LogP contribution >= 0.6 is 0 Å². The number of ether oxygens (including phenoxy) is 1. The van der Waals surface area contributed by atoms with Crippen molar-refractivity contribution in [3.8, 4) is 5.75 Å². The van der Waals surface area contributed by atoms with Crippen molar-refractivity contribution in [1.82, 2.24) is 0 Å². The smallest absolute Gasteiger partial charge is 0.311 e. The van der Waals surface area contributed by atoms with Crippen molar-refractivity contribution in [1.29, 1.82) is 0 Å². The van der Waals surface area contributed by atoms with E-state index in [-0.39, 0.29) is 5.69 Å². The van der Waals surface area contributed by atoms with E-state index in [9.17, 15) is 10.1 Å². The van der Waals surface area contributed by atoms with Crippen LogP contribution in [0.1, 0.15) is 39.0 Å². The van der Waals surface area contributed by atoms with Crippen LogP contribution in [-0.4, -0.2) is 18.6 Å². The molecule has 0 bridgehead atoms. The second-order valence-electron chi connectivity index (χ2n) is 5.99. The molecule has 0 atom stereocenters. The quantitative estimate of drug-likeness (QED) is 0.629. The molecule has 2 rings (SSSR count). The van der Waals surface area contributed by atoms with Crippen LogP contribution in [0.2, 0.25) is 0 Å². The van der Waals surface area contributed by atoms with Crippen LogP contribution in [0.15, 0.2) is 18.2 Å². The third kappa shape index (κ3) is 4.34. The number of hydrogen-bond donors (Lipinski definition) is 1. The molecule has 5 nitrogen and oxygen atoms in total. The maximum atomic E-state index is 10.8. The molecule has 0 saturated heterocycles. The summed E-state index contributed by atoms with van der Waals surface area (Å²) >= 11 is 0. The van der Waals surface area contributed by atoms with Gasteiger partial charge in [0.1, 0.15) is 0 Å². The first-order chi connectivity index (χ1) is 10.1. The number of rotatable bonds is 6. The third-order valence-corrected chi connectivity index (χ3v) is 4.39. The lowest BCUT2D eigenvalue weighted by Gasteiger charge is -2.26. The van der Waals surface area contributed by atoms with Crippen molar-refractivity contribution in [3.05, 3.63) is 28.3 Å². The summed E-state index contributed by atoms with van der Waals surface area (Å²) in [4.78, 5) is 10.4. The van der Waals surface area contributed by atoms with Gasteiger partial charge in [0.05, 0.1) is 12.0 Å². The van der Waals surface area contributed by atoms with Crippen molar-refractivity contribution in [3.63, 3.8) is 0 Å². The fraction of sp³-hybridized carbons (Fsp3) is 0.625. The van der Waals surface area contributed by atoms with E-state index < -0.39 is 4.92 Å². The topological polar surface area (TPSA) is 64.4 Å². The molecule has 1 aliphatic carbocycles. The molecule has 1 fully saturated rings. The Morgan fingerprint density at radius 2 is 2.05 bits per heavy atom.